The second-order valence-electron chi connectivity index (χ2n) is 7.97. The Hall–Kier alpha value is -4.66. The standard InChI is InChI=1S/C27H25FN4O4/c1-18(19-3-10-23(11-4-19)32-14-13-29-17-32)30-27(34)20-5-12-24(25(15-20)35-2)36-16-26(33)31-22-8-6-21(28)7-9-22/h3-15,17-18H,16H2,1-2H3,(H,30,34)(H,31,33)/t18-/m0/s1. The molecule has 1 aromatic heterocycles. The summed E-state index contributed by atoms with van der Waals surface area (Å²) in [4.78, 5) is 29.0. The summed E-state index contributed by atoms with van der Waals surface area (Å²) >= 11 is 0. The number of ether oxygens (including phenoxy) is 2. The van der Waals surface area contributed by atoms with Gasteiger partial charge in [-0.3, -0.25) is 9.59 Å². The number of halogens is 1. The predicted octanol–water partition coefficient (Wildman–Crippen LogP) is 4.53. The zero-order valence-corrected chi connectivity index (χ0v) is 19.8. The molecule has 184 valence electrons. The minimum atomic E-state index is -0.418. The van der Waals surface area contributed by atoms with Crippen molar-refractivity contribution in [2.75, 3.05) is 19.0 Å². The molecule has 0 aliphatic carbocycles. The van der Waals surface area contributed by atoms with Gasteiger partial charge in [-0.1, -0.05) is 12.1 Å². The third kappa shape index (κ3) is 6.06. The van der Waals surface area contributed by atoms with Crippen LogP contribution >= 0.6 is 0 Å². The van der Waals surface area contributed by atoms with E-state index in [0.717, 1.165) is 11.3 Å². The Bertz CT molecular complexity index is 1320. The first-order valence-corrected chi connectivity index (χ1v) is 11.2. The van der Waals surface area contributed by atoms with E-state index in [0.29, 0.717) is 22.7 Å². The molecule has 8 nitrogen and oxygen atoms in total. The van der Waals surface area contributed by atoms with Crippen LogP contribution in [0.2, 0.25) is 0 Å². The van der Waals surface area contributed by atoms with E-state index in [1.807, 2.05) is 42.0 Å². The van der Waals surface area contributed by atoms with Gasteiger partial charge in [-0.2, -0.15) is 0 Å². The second-order valence-corrected chi connectivity index (χ2v) is 7.97. The Morgan fingerprint density at radius 2 is 1.78 bits per heavy atom. The topological polar surface area (TPSA) is 94.5 Å². The van der Waals surface area contributed by atoms with Gasteiger partial charge >= 0.3 is 0 Å². The first kappa shape index (κ1) is 24.5. The van der Waals surface area contributed by atoms with Gasteiger partial charge < -0.3 is 24.7 Å². The highest BCUT2D eigenvalue weighted by Crippen LogP contribution is 2.28. The lowest BCUT2D eigenvalue weighted by molar-refractivity contribution is -0.118. The minimum absolute atomic E-state index is 0.230. The van der Waals surface area contributed by atoms with Gasteiger partial charge in [-0.25, -0.2) is 9.37 Å². The maximum absolute atomic E-state index is 13.0. The van der Waals surface area contributed by atoms with Gasteiger partial charge in [0.25, 0.3) is 11.8 Å². The third-order valence-corrected chi connectivity index (χ3v) is 5.46. The number of methoxy groups -OCH3 is 1. The lowest BCUT2D eigenvalue weighted by Crippen LogP contribution is -2.26. The van der Waals surface area contributed by atoms with E-state index in [4.69, 9.17) is 9.47 Å². The zero-order chi connectivity index (χ0) is 25.5. The smallest absolute Gasteiger partial charge is 0.262 e. The van der Waals surface area contributed by atoms with Crippen molar-refractivity contribution in [3.63, 3.8) is 0 Å². The first-order valence-electron chi connectivity index (χ1n) is 11.2. The summed E-state index contributed by atoms with van der Waals surface area (Å²) in [5.74, 6) is -0.463. The molecule has 4 rings (SSSR count). The molecule has 2 N–H and O–H groups in total. The van der Waals surface area contributed by atoms with E-state index in [2.05, 4.69) is 15.6 Å². The van der Waals surface area contributed by atoms with Crippen LogP contribution in [0.25, 0.3) is 5.69 Å². The van der Waals surface area contributed by atoms with Crippen LogP contribution < -0.4 is 20.1 Å². The average molecular weight is 489 g/mol. The van der Waals surface area contributed by atoms with Crippen molar-refractivity contribution in [1.29, 1.82) is 0 Å². The van der Waals surface area contributed by atoms with Crippen molar-refractivity contribution in [3.8, 4) is 17.2 Å². The number of hydrogen-bond acceptors (Lipinski definition) is 5. The quantitative estimate of drug-likeness (QED) is 0.361. The largest absolute Gasteiger partial charge is 0.493 e. The molecule has 1 heterocycles. The second kappa shape index (κ2) is 11.2. The van der Waals surface area contributed by atoms with Gasteiger partial charge in [0.1, 0.15) is 5.82 Å². The monoisotopic (exact) mass is 488 g/mol. The number of hydrogen-bond donors (Lipinski definition) is 2. The fraction of sp³-hybridized carbons (Fsp3) is 0.148. The van der Waals surface area contributed by atoms with E-state index >= 15 is 0 Å². The Labute approximate surface area is 207 Å². The van der Waals surface area contributed by atoms with Gasteiger partial charge in [0.15, 0.2) is 18.1 Å². The fourth-order valence-electron chi connectivity index (χ4n) is 3.51. The summed E-state index contributed by atoms with van der Waals surface area (Å²) < 4.78 is 25.8. The van der Waals surface area contributed by atoms with Crippen molar-refractivity contribution in [2.45, 2.75) is 13.0 Å². The Morgan fingerprint density at radius 1 is 1.03 bits per heavy atom. The van der Waals surface area contributed by atoms with Crippen molar-refractivity contribution in [3.05, 3.63) is 102 Å². The van der Waals surface area contributed by atoms with Gasteiger partial charge in [0, 0.05) is 29.3 Å². The highest BCUT2D eigenvalue weighted by atomic mass is 19.1. The molecule has 0 fully saturated rings. The van der Waals surface area contributed by atoms with Crippen LogP contribution in [0.1, 0.15) is 28.9 Å². The van der Waals surface area contributed by atoms with Crippen LogP contribution in [-0.2, 0) is 4.79 Å². The number of aromatic nitrogens is 2. The molecule has 0 aliphatic rings. The normalized spacial score (nSPS) is 11.4. The molecular weight excluding hydrogens is 463 g/mol. The molecule has 1 atom stereocenters. The predicted molar refractivity (Wildman–Crippen MR) is 133 cm³/mol. The summed E-state index contributed by atoms with van der Waals surface area (Å²) in [5, 5.41) is 5.59. The maximum Gasteiger partial charge on any atom is 0.262 e. The Morgan fingerprint density at radius 3 is 2.44 bits per heavy atom. The van der Waals surface area contributed by atoms with Crippen LogP contribution in [0.15, 0.2) is 85.5 Å². The minimum Gasteiger partial charge on any atom is -0.493 e. The fourth-order valence-corrected chi connectivity index (χ4v) is 3.51. The zero-order valence-electron chi connectivity index (χ0n) is 19.8. The summed E-state index contributed by atoms with van der Waals surface area (Å²) in [6.07, 6.45) is 5.29. The maximum atomic E-state index is 13.0. The van der Waals surface area contributed by atoms with Crippen LogP contribution in [-0.4, -0.2) is 35.1 Å². The molecule has 0 aliphatic heterocycles. The third-order valence-electron chi connectivity index (χ3n) is 5.46. The summed E-state index contributed by atoms with van der Waals surface area (Å²) in [7, 11) is 1.45. The molecule has 0 radical (unpaired) electrons. The number of carbonyl (C=O) groups excluding carboxylic acids is 2. The molecule has 3 aromatic carbocycles. The number of amides is 2. The van der Waals surface area contributed by atoms with Crippen molar-refractivity contribution in [2.24, 2.45) is 0 Å². The molecule has 0 bridgehead atoms. The van der Waals surface area contributed by atoms with Crippen LogP contribution in [0.4, 0.5) is 10.1 Å². The first-order chi connectivity index (χ1) is 17.4. The lowest BCUT2D eigenvalue weighted by Gasteiger charge is -2.16. The highest BCUT2D eigenvalue weighted by Gasteiger charge is 2.15. The number of rotatable bonds is 9. The molecule has 0 saturated carbocycles. The van der Waals surface area contributed by atoms with E-state index in [1.54, 1.807) is 30.7 Å². The summed E-state index contributed by atoms with van der Waals surface area (Å²) in [6.45, 7) is 1.62. The van der Waals surface area contributed by atoms with Crippen LogP contribution in [0.3, 0.4) is 0 Å². The number of nitrogens with one attached hydrogen (secondary N) is 2. The molecule has 9 heteroatoms. The van der Waals surface area contributed by atoms with Gasteiger partial charge in [0.05, 0.1) is 19.5 Å². The van der Waals surface area contributed by atoms with Crippen LogP contribution in [0, 0.1) is 5.82 Å². The molecule has 4 aromatic rings. The molecule has 0 unspecified atom stereocenters. The highest BCUT2D eigenvalue weighted by molar-refractivity contribution is 5.95. The molecule has 36 heavy (non-hydrogen) atoms. The number of carbonyl (C=O) groups is 2. The van der Waals surface area contributed by atoms with Crippen molar-refractivity contribution >= 4 is 17.5 Å². The number of imidazole rings is 1. The number of benzene rings is 3. The summed E-state index contributed by atoms with van der Waals surface area (Å²) in [6, 6.07) is 17.7. The van der Waals surface area contributed by atoms with E-state index in [1.165, 1.54) is 31.4 Å². The molecular formula is C27H25FN4O4. The Kier molecular flexibility index (Phi) is 7.60. The number of anilines is 1. The van der Waals surface area contributed by atoms with Crippen molar-refractivity contribution < 1.29 is 23.5 Å². The van der Waals surface area contributed by atoms with Crippen LogP contribution in [0.5, 0.6) is 11.5 Å². The lowest BCUT2D eigenvalue weighted by atomic mass is 10.1. The van der Waals surface area contributed by atoms with E-state index in [9.17, 15) is 14.0 Å². The number of nitrogens with zero attached hydrogens (tertiary/aromatic N) is 2. The molecule has 0 spiro atoms. The van der Waals surface area contributed by atoms with Crippen molar-refractivity contribution in [1.82, 2.24) is 14.9 Å². The van der Waals surface area contributed by atoms with Gasteiger partial charge in [-0.15, -0.1) is 0 Å². The van der Waals surface area contributed by atoms with E-state index < -0.39 is 11.7 Å². The van der Waals surface area contributed by atoms with Gasteiger partial charge in [-0.05, 0) is 67.1 Å². The average Bonchev–Trinajstić information content (AvgIpc) is 3.44. The molecule has 2 amide bonds. The SMILES string of the molecule is COc1cc(C(=O)N[C@@H](C)c2ccc(-n3ccnc3)cc2)ccc1OCC(=O)Nc1ccc(F)cc1. The van der Waals surface area contributed by atoms with E-state index in [-0.39, 0.29) is 18.6 Å². The molecule has 0 saturated heterocycles. The summed E-state index contributed by atoms with van der Waals surface area (Å²) in [5.41, 5.74) is 2.76. The Balaban J connectivity index is 1.35. The van der Waals surface area contributed by atoms with Gasteiger partial charge in [0.2, 0.25) is 0 Å².